The van der Waals surface area contributed by atoms with Crippen molar-refractivity contribution in [3.63, 3.8) is 0 Å². The lowest BCUT2D eigenvalue weighted by Gasteiger charge is -2.49. The molecule has 2 atom stereocenters. The molecule has 1 saturated carbocycles. The second-order valence-electron chi connectivity index (χ2n) is 9.58. The number of hydrogen-bond donors (Lipinski definition) is 2. The summed E-state index contributed by atoms with van der Waals surface area (Å²) in [6.07, 6.45) is 4.30. The van der Waals surface area contributed by atoms with Crippen molar-refractivity contribution in [1.29, 1.82) is 0 Å². The van der Waals surface area contributed by atoms with E-state index >= 15 is 0 Å². The lowest BCUT2D eigenvalue weighted by Crippen LogP contribution is -2.70. The third-order valence-electron chi connectivity index (χ3n) is 7.10. The number of carboxylic acids is 1. The van der Waals surface area contributed by atoms with Gasteiger partial charge in [0.05, 0.1) is 5.75 Å². The van der Waals surface area contributed by atoms with Gasteiger partial charge < -0.3 is 15.3 Å². The van der Waals surface area contributed by atoms with Crippen LogP contribution in [-0.2, 0) is 19.2 Å². The molecule has 2 aromatic rings. The first-order valence-electron chi connectivity index (χ1n) is 12.2. The molecule has 3 aliphatic heterocycles. The van der Waals surface area contributed by atoms with E-state index in [0.29, 0.717) is 35.9 Å². The van der Waals surface area contributed by atoms with E-state index in [2.05, 4.69) is 5.32 Å². The maximum absolute atomic E-state index is 13.0. The average Bonchev–Trinajstić information content (AvgIpc) is 3.68. The minimum Gasteiger partial charge on any atom is -0.477 e. The second-order valence-corrected chi connectivity index (χ2v) is 11.7. The molecule has 0 aromatic heterocycles. The Labute approximate surface area is 222 Å². The van der Waals surface area contributed by atoms with Crippen LogP contribution in [0.15, 0.2) is 70.3 Å². The SMILES string of the molecule is O=C(CSc1ccc2ccccc2c1)N[C@@H]1C(=O)N2C(C(=O)O)=C(C=C3CCN(C4CC4)C3=O)CS[C@H]12. The number of likely N-dealkylation sites (tertiary alicyclic amines) is 1. The van der Waals surface area contributed by atoms with E-state index in [0.717, 1.165) is 28.5 Å². The van der Waals surface area contributed by atoms with Gasteiger partial charge in [0.15, 0.2) is 0 Å². The van der Waals surface area contributed by atoms with E-state index in [-0.39, 0.29) is 23.3 Å². The van der Waals surface area contributed by atoms with Crippen LogP contribution in [0, 0.1) is 0 Å². The Morgan fingerprint density at radius 2 is 1.92 bits per heavy atom. The Kier molecular flexibility index (Phi) is 6.24. The van der Waals surface area contributed by atoms with Gasteiger partial charge in [-0.2, -0.15) is 0 Å². The van der Waals surface area contributed by atoms with E-state index < -0.39 is 23.3 Å². The Hall–Kier alpha value is -3.24. The number of rotatable bonds is 7. The van der Waals surface area contributed by atoms with Crippen LogP contribution in [0.2, 0.25) is 0 Å². The van der Waals surface area contributed by atoms with Crippen molar-refractivity contribution in [2.24, 2.45) is 0 Å². The lowest BCUT2D eigenvalue weighted by atomic mass is 10.0. The summed E-state index contributed by atoms with van der Waals surface area (Å²) in [7, 11) is 0. The molecule has 6 rings (SSSR count). The van der Waals surface area contributed by atoms with Gasteiger partial charge in [0, 0.05) is 28.8 Å². The molecular weight excluding hydrogens is 510 g/mol. The molecular formula is C27H25N3O5S2. The van der Waals surface area contributed by atoms with Gasteiger partial charge in [-0.1, -0.05) is 30.3 Å². The Morgan fingerprint density at radius 3 is 2.68 bits per heavy atom. The minimum atomic E-state index is -1.20. The highest BCUT2D eigenvalue weighted by atomic mass is 32.2. The first kappa shape index (κ1) is 24.1. The number of hydrogen-bond acceptors (Lipinski definition) is 6. The maximum Gasteiger partial charge on any atom is 0.352 e. The first-order chi connectivity index (χ1) is 17.9. The van der Waals surface area contributed by atoms with Crippen molar-refractivity contribution in [1.82, 2.24) is 15.1 Å². The molecule has 3 heterocycles. The predicted octanol–water partition coefficient (Wildman–Crippen LogP) is 2.99. The Balaban J connectivity index is 1.11. The summed E-state index contributed by atoms with van der Waals surface area (Å²) in [4.78, 5) is 54.5. The highest BCUT2D eigenvalue weighted by molar-refractivity contribution is 8.00. The van der Waals surface area contributed by atoms with Crippen LogP contribution in [0.1, 0.15) is 19.3 Å². The van der Waals surface area contributed by atoms with E-state index in [1.54, 1.807) is 6.08 Å². The van der Waals surface area contributed by atoms with E-state index in [9.17, 15) is 24.3 Å². The zero-order valence-corrected chi connectivity index (χ0v) is 21.5. The Bertz CT molecular complexity index is 1400. The van der Waals surface area contributed by atoms with Crippen LogP contribution in [0.3, 0.4) is 0 Å². The summed E-state index contributed by atoms with van der Waals surface area (Å²) in [5.74, 6) is -1.44. The second kappa shape index (κ2) is 9.57. The normalized spacial score (nSPS) is 24.5. The predicted molar refractivity (Wildman–Crippen MR) is 142 cm³/mol. The van der Waals surface area contributed by atoms with Gasteiger partial charge in [0.25, 0.3) is 5.91 Å². The van der Waals surface area contributed by atoms with Crippen molar-refractivity contribution >= 4 is 58.0 Å². The molecule has 8 nitrogen and oxygen atoms in total. The molecule has 0 radical (unpaired) electrons. The molecule has 0 unspecified atom stereocenters. The molecule has 4 aliphatic rings. The van der Waals surface area contributed by atoms with Crippen LogP contribution in [0.5, 0.6) is 0 Å². The number of carboxylic acid groups (broad SMARTS) is 1. The molecule has 0 bridgehead atoms. The van der Waals surface area contributed by atoms with Gasteiger partial charge in [0.2, 0.25) is 11.8 Å². The molecule has 3 fully saturated rings. The number of nitrogens with one attached hydrogen (secondary N) is 1. The molecule has 37 heavy (non-hydrogen) atoms. The maximum atomic E-state index is 13.0. The third-order valence-corrected chi connectivity index (χ3v) is 9.40. The lowest BCUT2D eigenvalue weighted by molar-refractivity contribution is -0.150. The number of fused-ring (bicyclic) bond motifs is 2. The van der Waals surface area contributed by atoms with Crippen LogP contribution in [0.4, 0.5) is 0 Å². The number of thioether (sulfide) groups is 2. The number of benzene rings is 2. The topological polar surface area (TPSA) is 107 Å². The van der Waals surface area contributed by atoms with Gasteiger partial charge in [-0.3, -0.25) is 19.3 Å². The van der Waals surface area contributed by atoms with E-state index in [1.165, 1.54) is 28.4 Å². The Morgan fingerprint density at radius 1 is 1.14 bits per heavy atom. The summed E-state index contributed by atoms with van der Waals surface area (Å²) in [6.45, 7) is 0.661. The number of β-lactam (4-membered cyclic amide) rings is 1. The number of carbonyl (C=O) groups excluding carboxylic acids is 3. The molecule has 190 valence electrons. The number of allylic oxidation sites excluding steroid dienone is 1. The van der Waals surface area contributed by atoms with Crippen LogP contribution in [-0.4, -0.2) is 74.1 Å². The van der Waals surface area contributed by atoms with E-state index in [4.69, 9.17) is 0 Å². The van der Waals surface area contributed by atoms with Crippen molar-refractivity contribution in [3.8, 4) is 0 Å². The standard InChI is InChI=1S/C27H25N3O5S2/c31-21(14-36-20-8-5-15-3-1-2-4-16(15)12-20)28-22-25(33)30-23(27(34)35)18(13-37-26(22)30)11-17-9-10-29(24(17)32)19-6-7-19/h1-5,8,11-12,19,22,26H,6-7,9-10,13-14H2,(H,28,31)(H,34,35)/t22-,26-/m1/s1. The molecule has 3 amide bonds. The summed E-state index contributed by atoms with van der Waals surface area (Å²) in [6, 6.07) is 13.5. The van der Waals surface area contributed by atoms with Crippen LogP contribution >= 0.6 is 23.5 Å². The van der Waals surface area contributed by atoms with Crippen LogP contribution < -0.4 is 5.32 Å². The molecule has 2 N–H and O–H groups in total. The zero-order valence-electron chi connectivity index (χ0n) is 19.9. The van der Waals surface area contributed by atoms with Crippen molar-refractivity contribution in [2.75, 3.05) is 18.1 Å². The molecule has 2 saturated heterocycles. The summed E-state index contributed by atoms with van der Waals surface area (Å²) in [5, 5.41) is 14.4. The zero-order chi connectivity index (χ0) is 25.7. The number of nitrogens with zero attached hydrogens (tertiary/aromatic N) is 2. The smallest absolute Gasteiger partial charge is 0.352 e. The quantitative estimate of drug-likeness (QED) is 0.319. The fourth-order valence-electron chi connectivity index (χ4n) is 5.09. The average molecular weight is 536 g/mol. The van der Waals surface area contributed by atoms with Gasteiger partial charge >= 0.3 is 5.97 Å². The van der Waals surface area contributed by atoms with Gasteiger partial charge in [-0.15, -0.1) is 23.5 Å². The van der Waals surface area contributed by atoms with Gasteiger partial charge in [-0.05, 0) is 53.8 Å². The third kappa shape index (κ3) is 4.53. The van der Waals surface area contributed by atoms with Gasteiger partial charge in [0.1, 0.15) is 17.1 Å². The van der Waals surface area contributed by atoms with Crippen molar-refractivity contribution in [2.45, 2.75) is 41.6 Å². The number of aliphatic carboxylic acids is 1. The molecule has 1 aliphatic carbocycles. The van der Waals surface area contributed by atoms with Gasteiger partial charge in [-0.25, -0.2) is 4.79 Å². The first-order valence-corrected chi connectivity index (χ1v) is 14.3. The van der Waals surface area contributed by atoms with Crippen molar-refractivity contribution in [3.05, 3.63) is 65.4 Å². The summed E-state index contributed by atoms with van der Waals surface area (Å²) >= 11 is 2.80. The molecule has 10 heteroatoms. The minimum absolute atomic E-state index is 0.0316. The monoisotopic (exact) mass is 535 g/mol. The number of carbonyl (C=O) groups is 4. The summed E-state index contributed by atoms with van der Waals surface area (Å²) in [5.41, 5.74) is 0.984. The number of amides is 3. The fraction of sp³-hybridized carbons (Fsp3) is 0.333. The van der Waals surface area contributed by atoms with Crippen LogP contribution in [0.25, 0.3) is 10.8 Å². The summed E-state index contributed by atoms with van der Waals surface area (Å²) < 4.78 is 0. The molecule has 2 aromatic carbocycles. The molecule has 0 spiro atoms. The largest absolute Gasteiger partial charge is 0.477 e. The van der Waals surface area contributed by atoms with E-state index in [1.807, 2.05) is 47.4 Å². The fourth-order valence-corrected chi connectivity index (χ4v) is 7.15. The van der Waals surface area contributed by atoms with Crippen molar-refractivity contribution < 1.29 is 24.3 Å². The highest BCUT2D eigenvalue weighted by Crippen LogP contribution is 2.42. The highest BCUT2D eigenvalue weighted by Gasteiger charge is 2.54.